The Balaban J connectivity index is 1.52. The molecule has 132 valence electrons. The van der Waals surface area contributed by atoms with Crippen molar-refractivity contribution in [1.29, 1.82) is 0 Å². The van der Waals surface area contributed by atoms with Gasteiger partial charge in [-0.1, -0.05) is 13.8 Å². The highest BCUT2D eigenvalue weighted by molar-refractivity contribution is 6.22. The second-order valence-electron chi connectivity index (χ2n) is 7.94. The standard InChI is InChI=1S/C20H23NO4/c1-11(2)10-25-20(24)12-5-7-15(8-6-12)21-18(22)16-13-3-4-14(9-13)17(16)19(21)23/h5-8,11,13-14,16-17H,3-4,9-10H2,1-2H3. The molecule has 1 aliphatic heterocycles. The van der Waals surface area contributed by atoms with Crippen molar-refractivity contribution in [1.82, 2.24) is 0 Å². The van der Waals surface area contributed by atoms with Crippen molar-refractivity contribution in [2.24, 2.45) is 29.6 Å². The number of fused-ring (bicyclic) bond motifs is 5. The lowest BCUT2D eigenvalue weighted by Crippen LogP contribution is -2.32. The van der Waals surface area contributed by atoms with Crippen LogP contribution in [-0.2, 0) is 14.3 Å². The lowest BCUT2D eigenvalue weighted by atomic mass is 9.81. The van der Waals surface area contributed by atoms with Crippen molar-refractivity contribution in [3.63, 3.8) is 0 Å². The lowest BCUT2D eigenvalue weighted by molar-refractivity contribution is -0.123. The molecule has 1 aromatic carbocycles. The van der Waals surface area contributed by atoms with E-state index in [1.807, 2.05) is 13.8 Å². The van der Waals surface area contributed by atoms with Crippen molar-refractivity contribution < 1.29 is 19.1 Å². The fourth-order valence-corrected chi connectivity index (χ4v) is 4.74. The van der Waals surface area contributed by atoms with Gasteiger partial charge in [-0.05, 0) is 61.3 Å². The van der Waals surface area contributed by atoms with Gasteiger partial charge >= 0.3 is 5.97 Å². The zero-order valence-electron chi connectivity index (χ0n) is 14.6. The van der Waals surface area contributed by atoms with Crippen molar-refractivity contribution in [3.8, 4) is 0 Å². The summed E-state index contributed by atoms with van der Waals surface area (Å²) in [6.07, 6.45) is 3.17. The molecule has 0 aromatic heterocycles. The highest BCUT2D eigenvalue weighted by atomic mass is 16.5. The molecule has 2 bridgehead atoms. The number of nitrogens with zero attached hydrogens (tertiary/aromatic N) is 1. The minimum absolute atomic E-state index is 0.0580. The van der Waals surface area contributed by atoms with Gasteiger partial charge in [0.2, 0.25) is 11.8 Å². The van der Waals surface area contributed by atoms with Crippen LogP contribution >= 0.6 is 0 Å². The number of carbonyl (C=O) groups is 3. The second-order valence-corrected chi connectivity index (χ2v) is 7.94. The molecule has 1 saturated heterocycles. The van der Waals surface area contributed by atoms with E-state index in [4.69, 9.17) is 4.74 Å². The van der Waals surface area contributed by atoms with Crippen LogP contribution in [0, 0.1) is 29.6 Å². The molecule has 1 heterocycles. The Morgan fingerprint density at radius 1 is 1.08 bits per heavy atom. The molecule has 3 fully saturated rings. The predicted molar refractivity (Wildman–Crippen MR) is 91.9 cm³/mol. The monoisotopic (exact) mass is 341 g/mol. The van der Waals surface area contributed by atoms with E-state index in [1.54, 1.807) is 24.3 Å². The Kier molecular flexibility index (Phi) is 3.89. The maximum atomic E-state index is 12.8. The molecular formula is C20H23NO4. The normalized spacial score (nSPS) is 30.3. The third-order valence-corrected chi connectivity index (χ3v) is 5.84. The molecular weight excluding hydrogens is 318 g/mol. The highest BCUT2D eigenvalue weighted by Gasteiger charge is 2.61. The molecule has 3 aliphatic rings. The van der Waals surface area contributed by atoms with Crippen LogP contribution in [0.5, 0.6) is 0 Å². The average molecular weight is 341 g/mol. The van der Waals surface area contributed by atoms with Gasteiger partial charge in [0.05, 0.1) is 29.7 Å². The third-order valence-electron chi connectivity index (χ3n) is 5.84. The van der Waals surface area contributed by atoms with Gasteiger partial charge in [-0.15, -0.1) is 0 Å². The Labute approximate surface area is 147 Å². The average Bonchev–Trinajstić information content (AvgIpc) is 3.27. The Hall–Kier alpha value is -2.17. The molecule has 5 heteroatoms. The summed E-state index contributed by atoms with van der Waals surface area (Å²) in [6.45, 7) is 4.33. The van der Waals surface area contributed by atoms with Crippen molar-refractivity contribution in [3.05, 3.63) is 29.8 Å². The fourth-order valence-electron chi connectivity index (χ4n) is 4.74. The summed E-state index contributed by atoms with van der Waals surface area (Å²) in [6, 6.07) is 6.60. The summed E-state index contributed by atoms with van der Waals surface area (Å²) in [5.41, 5.74) is 0.993. The van der Waals surface area contributed by atoms with Gasteiger partial charge in [-0.25, -0.2) is 4.79 Å². The summed E-state index contributed by atoms with van der Waals surface area (Å²) in [5, 5.41) is 0. The Morgan fingerprint density at radius 2 is 1.64 bits per heavy atom. The van der Waals surface area contributed by atoms with Crippen LogP contribution < -0.4 is 4.90 Å². The summed E-state index contributed by atoms with van der Waals surface area (Å²) < 4.78 is 5.21. The summed E-state index contributed by atoms with van der Waals surface area (Å²) in [7, 11) is 0. The van der Waals surface area contributed by atoms with E-state index in [9.17, 15) is 14.4 Å². The molecule has 4 atom stereocenters. The molecule has 0 N–H and O–H groups in total. The van der Waals surface area contributed by atoms with E-state index in [2.05, 4.69) is 0 Å². The van der Waals surface area contributed by atoms with Crippen molar-refractivity contribution in [2.75, 3.05) is 11.5 Å². The molecule has 1 aromatic rings. The SMILES string of the molecule is CC(C)COC(=O)c1ccc(N2C(=O)C3C4CCC(C4)C3C2=O)cc1. The van der Waals surface area contributed by atoms with Crippen LogP contribution in [0.4, 0.5) is 5.69 Å². The van der Waals surface area contributed by atoms with E-state index >= 15 is 0 Å². The molecule has 0 spiro atoms. The second kappa shape index (κ2) is 5.97. The van der Waals surface area contributed by atoms with Crippen LogP contribution in [0.3, 0.4) is 0 Å². The Morgan fingerprint density at radius 3 is 2.16 bits per heavy atom. The van der Waals surface area contributed by atoms with Gasteiger partial charge in [-0.2, -0.15) is 0 Å². The number of esters is 1. The largest absolute Gasteiger partial charge is 0.462 e. The summed E-state index contributed by atoms with van der Waals surface area (Å²) in [5.74, 6) is 0.286. The minimum Gasteiger partial charge on any atom is -0.462 e. The van der Waals surface area contributed by atoms with Gasteiger partial charge in [0, 0.05) is 0 Å². The molecule has 2 amide bonds. The lowest BCUT2D eigenvalue weighted by Gasteiger charge is -2.19. The zero-order valence-corrected chi connectivity index (χ0v) is 14.6. The molecule has 4 unspecified atom stereocenters. The highest BCUT2D eigenvalue weighted by Crippen LogP contribution is 2.56. The van der Waals surface area contributed by atoms with Crippen LogP contribution in [-0.4, -0.2) is 24.4 Å². The number of hydrogen-bond acceptors (Lipinski definition) is 4. The number of ether oxygens (including phenoxy) is 1. The van der Waals surface area contributed by atoms with Gasteiger partial charge < -0.3 is 4.74 Å². The third kappa shape index (κ3) is 2.57. The van der Waals surface area contributed by atoms with E-state index in [0.29, 0.717) is 29.7 Å². The molecule has 5 nitrogen and oxygen atoms in total. The maximum absolute atomic E-state index is 12.8. The number of hydrogen-bond donors (Lipinski definition) is 0. The predicted octanol–water partition coefficient (Wildman–Crippen LogP) is 3.03. The van der Waals surface area contributed by atoms with E-state index < -0.39 is 0 Å². The number of imide groups is 1. The van der Waals surface area contributed by atoms with Crippen molar-refractivity contribution >= 4 is 23.5 Å². The minimum atomic E-state index is -0.380. The van der Waals surface area contributed by atoms with Gasteiger partial charge in [-0.3, -0.25) is 14.5 Å². The van der Waals surface area contributed by atoms with Crippen LogP contribution in [0.25, 0.3) is 0 Å². The smallest absolute Gasteiger partial charge is 0.338 e. The van der Waals surface area contributed by atoms with Gasteiger partial charge in [0.15, 0.2) is 0 Å². The number of amides is 2. The van der Waals surface area contributed by atoms with E-state index in [0.717, 1.165) is 19.3 Å². The quantitative estimate of drug-likeness (QED) is 0.624. The van der Waals surface area contributed by atoms with Crippen molar-refractivity contribution in [2.45, 2.75) is 33.1 Å². The topological polar surface area (TPSA) is 63.7 Å². The summed E-state index contributed by atoms with van der Waals surface area (Å²) in [4.78, 5) is 38.9. The van der Waals surface area contributed by atoms with Crippen LogP contribution in [0.2, 0.25) is 0 Å². The number of benzene rings is 1. The molecule has 2 aliphatic carbocycles. The van der Waals surface area contributed by atoms with Crippen LogP contribution in [0.1, 0.15) is 43.5 Å². The van der Waals surface area contributed by atoms with E-state index in [-0.39, 0.29) is 35.5 Å². The molecule has 2 saturated carbocycles. The molecule has 25 heavy (non-hydrogen) atoms. The number of rotatable bonds is 4. The first-order valence-corrected chi connectivity index (χ1v) is 9.12. The molecule has 4 rings (SSSR count). The Bertz CT molecular complexity index is 696. The first-order chi connectivity index (χ1) is 12.0. The van der Waals surface area contributed by atoms with Crippen LogP contribution in [0.15, 0.2) is 24.3 Å². The fraction of sp³-hybridized carbons (Fsp3) is 0.550. The van der Waals surface area contributed by atoms with Gasteiger partial charge in [0.1, 0.15) is 0 Å². The first-order valence-electron chi connectivity index (χ1n) is 9.12. The van der Waals surface area contributed by atoms with Gasteiger partial charge in [0.25, 0.3) is 0 Å². The van der Waals surface area contributed by atoms with E-state index in [1.165, 1.54) is 4.90 Å². The zero-order chi connectivity index (χ0) is 17.7. The first kappa shape index (κ1) is 16.3. The number of anilines is 1. The molecule has 0 radical (unpaired) electrons. The summed E-state index contributed by atoms with van der Waals surface area (Å²) >= 11 is 0. The maximum Gasteiger partial charge on any atom is 0.338 e. The number of carbonyl (C=O) groups excluding carboxylic acids is 3.